The van der Waals surface area contributed by atoms with Crippen molar-refractivity contribution in [3.05, 3.63) is 11.8 Å². The van der Waals surface area contributed by atoms with Gasteiger partial charge in [-0.2, -0.15) is 0 Å². The fraction of sp³-hybridized carbons (Fsp3) is 0.897. The Kier molecular flexibility index (Phi) is 10.9. The number of hydrogen-bond acceptors (Lipinski definition) is 14. The van der Waals surface area contributed by atoms with Crippen LogP contribution >= 0.6 is 0 Å². The molecule has 4 fully saturated rings. The van der Waals surface area contributed by atoms with Gasteiger partial charge < -0.3 is 72.1 Å². The van der Waals surface area contributed by atoms with Crippen molar-refractivity contribution in [2.45, 2.75) is 118 Å². The van der Waals surface area contributed by atoms with Crippen molar-refractivity contribution in [3.8, 4) is 0 Å². The lowest BCUT2D eigenvalue weighted by Gasteiger charge is -2.49. The van der Waals surface area contributed by atoms with E-state index in [0.29, 0.717) is 44.2 Å². The number of aliphatic hydroxyl groups is 4. The SMILES string of the molecule is CN[C@@H]1[C@@H](O)[C@@H](O[C@@H]2[C@@H](O)[C@H](O[C@H]3OC(CNCC4CC4)=CC[C@H]3N)[C@@H](N)C[C@H]2NC(=O)CC2(O)CCNC2)OC[C@]1(C)O. The molecule has 5 aliphatic rings. The fourth-order valence-corrected chi connectivity index (χ4v) is 6.68. The van der Waals surface area contributed by atoms with E-state index in [0.717, 1.165) is 6.54 Å². The molecule has 2 saturated heterocycles. The van der Waals surface area contributed by atoms with Crippen LogP contribution in [0.3, 0.4) is 0 Å². The Hall–Kier alpha value is -1.47. The quantitative estimate of drug-likeness (QED) is 0.101. The molecule has 0 aromatic heterocycles. The minimum Gasteiger partial charge on any atom is -0.467 e. The zero-order chi connectivity index (χ0) is 31.6. The lowest BCUT2D eigenvalue weighted by molar-refractivity contribution is -0.304. The third kappa shape index (κ3) is 8.08. The summed E-state index contributed by atoms with van der Waals surface area (Å²) in [6, 6.07) is -2.84. The summed E-state index contributed by atoms with van der Waals surface area (Å²) in [5.41, 5.74) is 10.3. The molecule has 15 nitrogen and oxygen atoms in total. The highest BCUT2D eigenvalue weighted by molar-refractivity contribution is 5.77. The van der Waals surface area contributed by atoms with E-state index < -0.39 is 78.3 Å². The molecule has 0 aromatic rings. The van der Waals surface area contributed by atoms with Gasteiger partial charge in [-0.15, -0.1) is 0 Å². The number of nitrogens with one attached hydrogen (secondary N) is 4. The van der Waals surface area contributed by atoms with Gasteiger partial charge in [-0.1, -0.05) is 0 Å². The van der Waals surface area contributed by atoms with Crippen LogP contribution in [0.2, 0.25) is 0 Å². The van der Waals surface area contributed by atoms with E-state index in [9.17, 15) is 25.2 Å². The van der Waals surface area contributed by atoms with E-state index in [4.69, 9.17) is 30.4 Å². The highest BCUT2D eigenvalue weighted by Crippen LogP contribution is 2.33. The summed E-state index contributed by atoms with van der Waals surface area (Å²) in [6.45, 7) is 3.75. The van der Waals surface area contributed by atoms with E-state index in [1.807, 2.05) is 6.08 Å². The van der Waals surface area contributed by atoms with Gasteiger partial charge in [0, 0.05) is 12.6 Å². The number of likely N-dealkylation sites (N-methyl/N-ethyl adjacent to an activating group) is 1. The first kappa shape index (κ1) is 33.9. The van der Waals surface area contributed by atoms with Gasteiger partial charge in [-0.25, -0.2) is 0 Å². The maximum atomic E-state index is 13.1. The van der Waals surface area contributed by atoms with Crippen molar-refractivity contribution in [2.24, 2.45) is 17.4 Å². The molecule has 0 spiro atoms. The molecule has 12 N–H and O–H groups in total. The molecule has 3 heterocycles. The number of aliphatic hydroxyl groups excluding tert-OH is 2. The second-order valence-electron chi connectivity index (χ2n) is 13.5. The standard InChI is InChI=1S/C29H52N6O9/c1-28(39)14-41-27(22(38)25(28)32-2)44-24-19(35-20(36)10-29(40)7-8-33-13-29)9-18(31)23(21(24)37)43-26-17(30)6-5-16(42-26)12-34-11-15-3-4-15/h5,15,17-19,21-27,32-34,37-40H,3-4,6-14,30-31H2,1-2H3,(H,35,36)/t17-,18+,19-,21+,22-,23-,24+,25-,26-,27-,28+,29?/m1/s1. The van der Waals surface area contributed by atoms with Crippen molar-refractivity contribution >= 4 is 5.91 Å². The van der Waals surface area contributed by atoms with E-state index >= 15 is 0 Å². The molecule has 1 amide bonds. The van der Waals surface area contributed by atoms with E-state index in [1.54, 1.807) is 7.05 Å². The lowest BCUT2D eigenvalue weighted by Crippen LogP contribution is -2.69. The first-order chi connectivity index (χ1) is 20.9. The number of carbonyl (C=O) groups excluding carboxylic acids is 1. The summed E-state index contributed by atoms with van der Waals surface area (Å²) < 4.78 is 24.2. The molecule has 15 heteroatoms. The predicted molar refractivity (Wildman–Crippen MR) is 158 cm³/mol. The van der Waals surface area contributed by atoms with Gasteiger partial charge in [0.25, 0.3) is 0 Å². The van der Waals surface area contributed by atoms with Gasteiger partial charge in [0.05, 0.1) is 43.3 Å². The Bertz CT molecular complexity index is 1010. The summed E-state index contributed by atoms with van der Waals surface area (Å²) in [4.78, 5) is 13.1. The summed E-state index contributed by atoms with van der Waals surface area (Å²) in [5, 5.41) is 56.4. The average molecular weight is 629 g/mol. The Morgan fingerprint density at radius 2 is 1.89 bits per heavy atom. The molecule has 0 aromatic carbocycles. The van der Waals surface area contributed by atoms with E-state index in [-0.39, 0.29) is 19.4 Å². The molecule has 44 heavy (non-hydrogen) atoms. The van der Waals surface area contributed by atoms with E-state index in [2.05, 4.69) is 21.3 Å². The van der Waals surface area contributed by atoms with Crippen molar-refractivity contribution < 1.29 is 44.2 Å². The average Bonchev–Trinajstić information content (AvgIpc) is 3.69. The minimum absolute atomic E-state index is 0.142. The summed E-state index contributed by atoms with van der Waals surface area (Å²) in [7, 11) is 1.60. The van der Waals surface area contributed by atoms with E-state index in [1.165, 1.54) is 19.8 Å². The normalized spacial score (nSPS) is 44.6. The Labute approximate surface area is 258 Å². The van der Waals surface area contributed by atoms with Crippen molar-refractivity contribution in [2.75, 3.05) is 39.8 Å². The second kappa shape index (κ2) is 14.1. The molecule has 5 rings (SSSR count). The highest BCUT2D eigenvalue weighted by atomic mass is 16.7. The van der Waals surface area contributed by atoms with Gasteiger partial charge >= 0.3 is 0 Å². The summed E-state index contributed by atoms with van der Waals surface area (Å²) in [6.07, 6.45) is -1.56. The van der Waals surface area contributed by atoms with Crippen LogP contribution in [-0.2, 0) is 23.7 Å². The van der Waals surface area contributed by atoms with Crippen LogP contribution in [0.5, 0.6) is 0 Å². The zero-order valence-electron chi connectivity index (χ0n) is 25.7. The first-order valence-electron chi connectivity index (χ1n) is 15.9. The third-order valence-electron chi connectivity index (χ3n) is 9.46. The van der Waals surface area contributed by atoms with Crippen LogP contribution in [0, 0.1) is 5.92 Å². The number of amides is 1. The number of hydrogen-bond donors (Lipinski definition) is 10. The van der Waals surface area contributed by atoms with Crippen LogP contribution in [0.15, 0.2) is 11.8 Å². The first-order valence-corrected chi connectivity index (χ1v) is 15.9. The van der Waals surface area contributed by atoms with Crippen LogP contribution in [0.25, 0.3) is 0 Å². The Balaban J connectivity index is 1.28. The van der Waals surface area contributed by atoms with Gasteiger partial charge in [0.1, 0.15) is 35.8 Å². The third-order valence-corrected chi connectivity index (χ3v) is 9.46. The lowest BCUT2D eigenvalue weighted by atomic mass is 9.83. The molecular weight excluding hydrogens is 576 g/mol. The van der Waals surface area contributed by atoms with Crippen molar-refractivity contribution in [1.82, 2.24) is 21.3 Å². The number of ether oxygens (including phenoxy) is 4. The second-order valence-corrected chi connectivity index (χ2v) is 13.5. The largest absolute Gasteiger partial charge is 0.467 e. The highest BCUT2D eigenvalue weighted by Gasteiger charge is 2.52. The van der Waals surface area contributed by atoms with Gasteiger partial charge in [0.2, 0.25) is 12.2 Å². The summed E-state index contributed by atoms with van der Waals surface area (Å²) >= 11 is 0. The molecule has 2 aliphatic carbocycles. The number of β-amino-alcohol motifs (C(OH)–C–C–N with tert-alkyl or cyclic N) is 1. The van der Waals surface area contributed by atoms with Gasteiger partial charge in [-0.3, -0.25) is 4.79 Å². The number of nitrogens with two attached hydrogens (primary N) is 2. The van der Waals surface area contributed by atoms with Crippen LogP contribution in [0.4, 0.5) is 0 Å². The Morgan fingerprint density at radius 3 is 2.57 bits per heavy atom. The topological polar surface area (TPSA) is 235 Å². The Morgan fingerprint density at radius 1 is 1.14 bits per heavy atom. The van der Waals surface area contributed by atoms with Crippen molar-refractivity contribution in [3.63, 3.8) is 0 Å². The molecule has 12 atom stereocenters. The summed E-state index contributed by atoms with van der Waals surface area (Å²) in [5.74, 6) is 0.992. The fourth-order valence-electron chi connectivity index (χ4n) is 6.68. The van der Waals surface area contributed by atoms with Gasteiger partial charge in [-0.05, 0) is 71.2 Å². The molecule has 0 radical (unpaired) electrons. The van der Waals surface area contributed by atoms with Crippen molar-refractivity contribution in [1.29, 1.82) is 0 Å². The molecule has 252 valence electrons. The number of carbonyl (C=O) groups is 1. The maximum absolute atomic E-state index is 13.1. The monoisotopic (exact) mass is 628 g/mol. The molecule has 1 unspecified atom stereocenters. The number of rotatable bonds is 12. The van der Waals surface area contributed by atoms with Crippen LogP contribution < -0.4 is 32.7 Å². The van der Waals surface area contributed by atoms with Crippen LogP contribution in [-0.4, -0.2) is 139 Å². The smallest absolute Gasteiger partial charge is 0.223 e. The molecule has 0 bridgehead atoms. The van der Waals surface area contributed by atoms with Crippen LogP contribution in [0.1, 0.15) is 45.4 Å². The molecule has 3 aliphatic heterocycles. The molecular formula is C29H52N6O9. The van der Waals surface area contributed by atoms with Gasteiger partial charge in [0.15, 0.2) is 6.29 Å². The minimum atomic E-state index is -1.38. The predicted octanol–water partition coefficient (Wildman–Crippen LogP) is -3.54. The molecule has 2 saturated carbocycles. The maximum Gasteiger partial charge on any atom is 0.223 e. The zero-order valence-corrected chi connectivity index (χ0v) is 25.7.